The first-order chi connectivity index (χ1) is 7.93. The van der Waals surface area contributed by atoms with Crippen LogP contribution in [0.2, 0.25) is 0 Å². The van der Waals surface area contributed by atoms with Crippen LogP contribution >= 0.6 is 0 Å². The average Bonchev–Trinajstić information content (AvgIpc) is 2.26. The molecule has 2 N–H and O–H groups in total. The van der Waals surface area contributed by atoms with Gasteiger partial charge in [0.25, 0.3) is 0 Å². The van der Waals surface area contributed by atoms with Gasteiger partial charge in [0.1, 0.15) is 0 Å². The van der Waals surface area contributed by atoms with E-state index in [4.69, 9.17) is 10.4 Å². The molecule has 0 amide bonds. The molecule has 6 nitrogen and oxygen atoms in total. The van der Waals surface area contributed by atoms with E-state index in [-0.39, 0.29) is 5.69 Å². The van der Waals surface area contributed by atoms with E-state index >= 15 is 0 Å². The van der Waals surface area contributed by atoms with E-state index in [1.54, 1.807) is 0 Å². The van der Waals surface area contributed by atoms with Crippen molar-refractivity contribution in [2.75, 3.05) is 10.5 Å². The molecular formula is C10H10N2O4S. The lowest BCUT2D eigenvalue weighted by Crippen LogP contribution is -2.18. The normalized spacial score (nSPS) is 10.5. The van der Waals surface area contributed by atoms with E-state index < -0.39 is 28.2 Å². The zero-order valence-corrected chi connectivity index (χ0v) is 9.57. The van der Waals surface area contributed by atoms with Gasteiger partial charge < -0.3 is 5.11 Å². The lowest BCUT2D eigenvalue weighted by molar-refractivity contribution is -0.136. The number of carboxylic acid groups (broad SMARTS) is 1. The Hall–Kier alpha value is -2.07. The number of anilines is 1. The van der Waals surface area contributed by atoms with Crippen LogP contribution in [0.3, 0.4) is 0 Å². The minimum atomic E-state index is -3.69. The maximum absolute atomic E-state index is 11.4. The van der Waals surface area contributed by atoms with Crippen LogP contribution in [0, 0.1) is 11.3 Å². The van der Waals surface area contributed by atoms with Gasteiger partial charge in [0, 0.05) is 5.69 Å². The number of aliphatic carboxylic acids is 1. The van der Waals surface area contributed by atoms with Crippen molar-refractivity contribution in [1.29, 1.82) is 5.26 Å². The summed E-state index contributed by atoms with van der Waals surface area (Å²) in [5.41, 5.74) is 0.567. The number of carboxylic acids is 1. The van der Waals surface area contributed by atoms with Gasteiger partial charge in [-0.05, 0) is 18.2 Å². The Balaban J connectivity index is 2.76. The summed E-state index contributed by atoms with van der Waals surface area (Å²) in [4.78, 5) is 10.3. The summed E-state index contributed by atoms with van der Waals surface area (Å²) >= 11 is 0. The second kappa shape index (κ2) is 5.32. The van der Waals surface area contributed by atoms with Crippen molar-refractivity contribution in [2.45, 2.75) is 6.42 Å². The van der Waals surface area contributed by atoms with E-state index in [9.17, 15) is 13.2 Å². The number of carbonyl (C=O) groups is 1. The molecule has 1 aromatic carbocycles. The molecule has 0 aliphatic heterocycles. The molecule has 0 radical (unpaired) electrons. The van der Waals surface area contributed by atoms with Crippen molar-refractivity contribution in [3.05, 3.63) is 29.8 Å². The van der Waals surface area contributed by atoms with Crippen molar-refractivity contribution in [1.82, 2.24) is 0 Å². The molecule has 0 aliphatic rings. The topological polar surface area (TPSA) is 107 Å². The molecule has 1 rings (SSSR count). The van der Waals surface area contributed by atoms with Gasteiger partial charge in [0.15, 0.2) is 0 Å². The number of hydrogen-bond acceptors (Lipinski definition) is 4. The van der Waals surface area contributed by atoms with Crippen LogP contribution in [0.15, 0.2) is 24.3 Å². The monoisotopic (exact) mass is 254 g/mol. The Morgan fingerprint density at radius 1 is 1.47 bits per heavy atom. The van der Waals surface area contributed by atoms with E-state index in [0.29, 0.717) is 5.56 Å². The fraction of sp³-hybridized carbons (Fsp3) is 0.200. The molecular weight excluding hydrogens is 244 g/mol. The van der Waals surface area contributed by atoms with Gasteiger partial charge in [-0.2, -0.15) is 5.26 Å². The van der Waals surface area contributed by atoms with Crippen molar-refractivity contribution in [3.8, 4) is 6.07 Å². The van der Waals surface area contributed by atoms with Gasteiger partial charge in [-0.15, -0.1) is 0 Å². The van der Waals surface area contributed by atoms with E-state index in [0.717, 1.165) is 0 Å². The predicted octanol–water partition coefficient (Wildman–Crippen LogP) is 0.775. The SMILES string of the molecule is N#Cc1cccc(NS(=O)(=O)CCC(=O)O)c1. The van der Waals surface area contributed by atoms with Crippen molar-refractivity contribution in [2.24, 2.45) is 0 Å². The molecule has 7 heteroatoms. The fourth-order valence-electron chi connectivity index (χ4n) is 1.10. The number of benzene rings is 1. The van der Waals surface area contributed by atoms with Crippen LogP contribution in [0.5, 0.6) is 0 Å². The van der Waals surface area contributed by atoms with Crippen LogP contribution in [0.25, 0.3) is 0 Å². The third kappa shape index (κ3) is 4.53. The number of sulfonamides is 1. The molecule has 0 saturated carbocycles. The molecule has 0 fully saturated rings. The summed E-state index contributed by atoms with van der Waals surface area (Å²) in [6, 6.07) is 7.81. The highest BCUT2D eigenvalue weighted by Gasteiger charge is 2.12. The van der Waals surface area contributed by atoms with Gasteiger partial charge in [0.2, 0.25) is 10.0 Å². The first-order valence-corrected chi connectivity index (χ1v) is 6.30. The Morgan fingerprint density at radius 3 is 2.76 bits per heavy atom. The second-order valence-electron chi connectivity index (χ2n) is 3.26. The summed E-state index contributed by atoms with van der Waals surface area (Å²) in [5.74, 6) is -1.68. The minimum absolute atomic E-state index is 0.245. The zero-order chi connectivity index (χ0) is 12.9. The van der Waals surface area contributed by atoms with Gasteiger partial charge in [-0.25, -0.2) is 8.42 Å². The lowest BCUT2D eigenvalue weighted by atomic mass is 10.2. The van der Waals surface area contributed by atoms with Gasteiger partial charge in [-0.3, -0.25) is 9.52 Å². The van der Waals surface area contributed by atoms with Gasteiger partial charge in [0.05, 0.1) is 23.8 Å². The Labute approximate surface area is 98.6 Å². The summed E-state index contributed by atoms with van der Waals surface area (Å²) in [6.45, 7) is 0. The van der Waals surface area contributed by atoms with Crippen molar-refractivity contribution < 1.29 is 18.3 Å². The number of hydrogen-bond donors (Lipinski definition) is 2. The highest BCUT2D eigenvalue weighted by molar-refractivity contribution is 7.92. The van der Waals surface area contributed by atoms with E-state index in [2.05, 4.69) is 4.72 Å². The smallest absolute Gasteiger partial charge is 0.304 e. The van der Waals surface area contributed by atoms with Crippen molar-refractivity contribution >= 4 is 21.7 Å². The fourth-order valence-corrected chi connectivity index (χ4v) is 2.14. The molecule has 90 valence electrons. The Kier molecular flexibility index (Phi) is 4.06. The van der Waals surface area contributed by atoms with E-state index in [1.807, 2.05) is 6.07 Å². The number of nitrogens with one attached hydrogen (secondary N) is 1. The van der Waals surface area contributed by atoms with Crippen LogP contribution in [-0.4, -0.2) is 25.2 Å². The molecule has 0 bridgehead atoms. The zero-order valence-electron chi connectivity index (χ0n) is 8.75. The third-order valence-corrected chi connectivity index (χ3v) is 3.14. The largest absolute Gasteiger partial charge is 0.481 e. The average molecular weight is 254 g/mol. The molecule has 0 saturated heterocycles. The highest BCUT2D eigenvalue weighted by atomic mass is 32.2. The Bertz CT molecular complexity index is 560. The molecule has 0 spiro atoms. The van der Waals surface area contributed by atoms with E-state index in [1.165, 1.54) is 24.3 Å². The molecule has 1 aromatic rings. The number of nitrogens with zero attached hydrogens (tertiary/aromatic N) is 1. The van der Waals surface area contributed by atoms with Crippen LogP contribution in [0.1, 0.15) is 12.0 Å². The molecule has 0 aromatic heterocycles. The summed E-state index contributed by atoms with van der Waals surface area (Å²) in [6.07, 6.45) is -0.465. The van der Waals surface area contributed by atoms with Crippen LogP contribution < -0.4 is 4.72 Å². The van der Waals surface area contributed by atoms with Crippen LogP contribution in [0.4, 0.5) is 5.69 Å². The quantitative estimate of drug-likeness (QED) is 0.807. The van der Waals surface area contributed by atoms with Gasteiger partial charge >= 0.3 is 5.97 Å². The maximum atomic E-state index is 11.4. The minimum Gasteiger partial charge on any atom is -0.481 e. The molecule has 0 atom stereocenters. The number of rotatable bonds is 5. The number of nitriles is 1. The van der Waals surface area contributed by atoms with Gasteiger partial charge in [-0.1, -0.05) is 6.07 Å². The lowest BCUT2D eigenvalue weighted by Gasteiger charge is -2.06. The summed E-state index contributed by atoms with van der Waals surface area (Å²) in [5, 5.41) is 17.0. The first kappa shape index (κ1) is 13.0. The van der Waals surface area contributed by atoms with Crippen molar-refractivity contribution in [3.63, 3.8) is 0 Å². The predicted molar refractivity (Wildman–Crippen MR) is 60.8 cm³/mol. The Morgan fingerprint density at radius 2 is 2.18 bits per heavy atom. The molecule has 0 heterocycles. The standard InChI is InChI=1S/C10H10N2O4S/c11-7-8-2-1-3-9(6-8)12-17(15,16)5-4-10(13)14/h1-3,6,12H,4-5H2,(H,13,14). The maximum Gasteiger partial charge on any atom is 0.304 e. The highest BCUT2D eigenvalue weighted by Crippen LogP contribution is 2.12. The van der Waals surface area contributed by atoms with Crippen LogP contribution in [-0.2, 0) is 14.8 Å². The summed E-state index contributed by atoms with van der Waals surface area (Å²) in [7, 11) is -3.69. The third-order valence-electron chi connectivity index (χ3n) is 1.85. The second-order valence-corrected chi connectivity index (χ2v) is 5.10. The summed E-state index contributed by atoms with van der Waals surface area (Å²) < 4.78 is 25.1. The molecule has 0 unspecified atom stereocenters. The first-order valence-electron chi connectivity index (χ1n) is 4.65. The molecule has 17 heavy (non-hydrogen) atoms. The molecule has 0 aliphatic carbocycles.